The lowest BCUT2D eigenvalue weighted by molar-refractivity contribution is -0.278. The van der Waals surface area contributed by atoms with Crippen LogP contribution in [0.1, 0.15) is 75.3 Å². The van der Waals surface area contributed by atoms with Crippen molar-refractivity contribution < 1.29 is 36.2 Å². The second-order valence-electron chi connectivity index (χ2n) is 9.86. The molecule has 2 fully saturated rings. The van der Waals surface area contributed by atoms with E-state index in [4.69, 9.17) is 9.47 Å². The van der Waals surface area contributed by atoms with E-state index >= 15 is 0 Å². The molecule has 0 radical (unpaired) electrons. The van der Waals surface area contributed by atoms with Crippen LogP contribution in [0.2, 0.25) is 0 Å². The van der Waals surface area contributed by atoms with Gasteiger partial charge in [0.15, 0.2) is 0 Å². The molecule has 198 valence electrons. The molecule has 0 N–H and O–H groups in total. The molecular weight excluding hydrogens is 479 g/mol. The fourth-order valence-corrected chi connectivity index (χ4v) is 5.73. The second kappa shape index (κ2) is 11.4. The van der Waals surface area contributed by atoms with Gasteiger partial charge >= 0.3 is 12.5 Å². The summed E-state index contributed by atoms with van der Waals surface area (Å²) in [6, 6.07) is 12.0. The summed E-state index contributed by atoms with van der Waals surface area (Å²) in [5.74, 6) is 1.74. The highest BCUT2D eigenvalue weighted by Crippen LogP contribution is 2.45. The molecule has 4 rings (SSSR count). The van der Waals surface area contributed by atoms with Crippen molar-refractivity contribution in [2.75, 3.05) is 6.61 Å². The van der Waals surface area contributed by atoms with Gasteiger partial charge in [0.1, 0.15) is 11.5 Å². The van der Waals surface area contributed by atoms with E-state index in [-0.39, 0.29) is 11.3 Å². The standard InChI is InChI=1S/C28H33F5O3/c1-2-34-24-17-11-23(12-18-24)27(29,30)35-25-13-7-21(8-14-25)19-3-5-20(6-4-19)22-9-15-26(16-10-22)36-28(31,32)33/h9-12,15-21,25H,2-8,13-14H2,1H3. The van der Waals surface area contributed by atoms with E-state index in [1.165, 1.54) is 36.4 Å². The van der Waals surface area contributed by atoms with Crippen LogP contribution in [-0.4, -0.2) is 19.1 Å². The molecule has 0 heterocycles. The van der Waals surface area contributed by atoms with Crippen LogP contribution in [0.5, 0.6) is 11.5 Å². The van der Waals surface area contributed by atoms with Gasteiger partial charge in [0, 0.05) is 0 Å². The monoisotopic (exact) mass is 512 g/mol. The summed E-state index contributed by atoms with van der Waals surface area (Å²) in [6.45, 7) is 2.32. The predicted octanol–water partition coefficient (Wildman–Crippen LogP) is 8.58. The van der Waals surface area contributed by atoms with Gasteiger partial charge < -0.3 is 14.2 Å². The quantitative estimate of drug-likeness (QED) is 0.332. The van der Waals surface area contributed by atoms with Crippen molar-refractivity contribution in [3.63, 3.8) is 0 Å². The van der Waals surface area contributed by atoms with Crippen LogP contribution in [0.4, 0.5) is 22.0 Å². The zero-order valence-electron chi connectivity index (χ0n) is 20.4. The predicted molar refractivity (Wildman–Crippen MR) is 126 cm³/mol. The van der Waals surface area contributed by atoms with Crippen LogP contribution in [0.3, 0.4) is 0 Å². The number of halogens is 5. The average Bonchev–Trinajstić information content (AvgIpc) is 2.85. The average molecular weight is 513 g/mol. The van der Waals surface area contributed by atoms with E-state index in [1.54, 1.807) is 12.1 Å². The Morgan fingerprint density at radius 2 is 1.22 bits per heavy atom. The molecule has 36 heavy (non-hydrogen) atoms. The number of alkyl halides is 5. The van der Waals surface area contributed by atoms with Crippen molar-refractivity contribution in [3.8, 4) is 11.5 Å². The molecule has 3 nitrogen and oxygen atoms in total. The van der Waals surface area contributed by atoms with Crippen molar-refractivity contribution in [3.05, 3.63) is 59.7 Å². The Morgan fingerprint density at radius 3 is 1.75 bits per heavy atom. The fourth-order valence-electron chi connectivity index (χ4n) is 5.73. The third-order valence-electron chi connectivity index (χ3n) is 7.56. The zero-order valence-corrected chi connectivity index (χ0v) is 20.4. The molecule has 2 saturated carbocycles. The van der Waals surface area contributed by atoms with Crippen molar-refractivity contribution in [2.24, 2.45) is 11.8 Å². The third kappa shape index (κ3) is 7.11. The van der Waals surface area contributed by atoms with Crippen LogP contribution in [0, 0.1) is 11.8 Å². The van der Waals surface area contributed by atoms with Crippen LogP contribution < -0.4 is 9.47 Å². The molecule has 0 bridgehead atoms. The van der Waals surface area contributed by atoms with E-state index in [1.807, 2.05) is 6.92 Å². The SMILES string of the molecule is CCOc1ccc(C(F)(F)OC2CCC(C3CCC(c4ccc(OC(F)(F)F)cc4)CC3)CC2)cc1. The molecule has 0 unspecified atom stereocenters. The molecular formula is C28H33F5O3. The Kier molecular flexibility index (Phi) is 8.43. The third-order valence-corrected chi connectivity index (χ3v) is 7.56. The molecule has 0 saturated heterocycles. The van der Waals surface area contributed by atoms with E-state index in [0.29, 0.717) is 43.0 Å². The van der Waals surface area contributed by atoms with Gasteiger partial charge in [0.25, 0.3) is 0 Å². The van der Waals surface area contributed by atoms with Crippen LogP contribution in [-0.2, 0) is 10.8 Å². The van der Waals surface area contributed by atoms with Gasteiger partial charge in [-0.2, -0.15) is 8.78 Å². The maximum absolute atomic E-state index is 14.7. The van der Waals surface area contributed by atoms with Crippen LogP contribution in [0.25, 0.3) is 0 Å². The van der Waals surface area contributed by atoms with Crippen LogP contribution in [0.15, 0.2) is 48.5 Å². The molecule has 2 aliphatic carbocycles. The normalized spacial score (nSPS) is 25.4. The molecule has 0 aromatic heterocycles. The Balaban J connectivity index is 1.22. The van der Waals surface area contributed by atoms with Gasteiger partial charge in [-0.1, -0.05) is 12.1 Å². The number of hydrogen-bond acceptors (Lipinski definition) is 3. The minimum atomic E-state index is -4.69. The van der Waals surface area contributed by atoms with Gasteiger partial charge in [-0.3, -0.25) is 0 Å². The molecule has 0 amide bonds. The number of hydrogen-bond donors (Lipinski definition) is 0. The number of benzene rings is 2. The highest BCUT2D eigenvalue weighted by Gasteiger charge is 2.39. The first-order valence-electron chi connectivity index (χ1n) is 12.8. The van der Waals surface area contributed by atoms with Gasteiger partial charge in [0.05, 0.1) is 18.3 Å². The summed E-state index contributed by atoms with van der Waals surface area (Å²) >= 11 is 0. The first kappa shape index (κ1) is 26.7. The Bertz CT molecular complexity index is 943. The lowest BCUT2D eigenvalue weighted by Crippen LogP contribution is -2.32. The van der Waals surface area contributed by atoms with Gasteiger partial charge in [-0.05, 0) is 118 Å². The molecule has 2 aromatic carbocycles. The van der Waals surface area contributed by atoms with Crippen molar-refractivity contribution in [1.29, 1.82) is 0 Å². The summed E-state index contributed by atoms with van der Waals surface area (Å²) in [7, 11) is 0. The van der Waals surface area contributed by atoms with Crippen molar-refractivity contribution >= 4 is 0 Å². The van der Waals surface area contributed by atoms with Gasteiger partial charge in [0.2, 0.25) is 0 Å². The summed E-state index contributed by atoms with van der Waals surface area (Å²) in [5, 5.41) is 0. The fraction of sp³-hybridized carbons (Fsp3) is 0.571. The first-order chi connectivity index (χ1) is 17.1. The zero-order chi connectivity index (χ0) is 25.8. The summed E-state index contributed by atoms with van der Waals surface area (Å²) in [5.41, 5.74) is 0.876. The lowest BCUT2D eigenvalue weighted by Gasteiger charge is -2.38. The largest absolute Gasteiger partial charge is 0.573 e. The van der Waals surface area contributed by atoms with E-state index < -0.39 is 18.6 Å². The lowest BCUT2D eigenvalue weighted by atomic mass is 9.69. The molecule has 0 atom stereocenters. The Morgan fingerprint density at radius 1 is 0.694 bits per heavy atom. The van der Waals surface area contributed by atoms with Crippen molar-refractivity contribution in [1.82, 2.24) is 0 Å². The number of rotatable bonds is 8. The molecule has 2 aromatic rings. The number of ether oxygens (including phenoxy) is 3. The summed E-state index contributed by atoms with van der Waals surface area (Å²) in [4.78, 5) is 0. The second-order valence-corrected chi connectivity index (χ2v) is 9.86. The molecule has 8 heteroatoms. The molecule has 2 aliphatic rings. The maximum Gasteiger partial charge on any atom is 0.573 e. The highest BCUT2D eigenvalue weighted by molar-refractivity contribution is 5.30. The Hall–Kier alpha value is -2.35. The Labute approximate surface area is 208 Å². The summed E-state index contributed by atoms with van der Waals surface area (Å²) in [6.07, 6.45) is -1.42. The topological polar surface area (TPSA) is 27.7 Å². The molecule has 0 spiro atoms. The smallest absolute Gasteiger partial charge is 0.494 e. The van der Waals surface area contributed by atoms with Gasteiger partial charge in [-0.25, -0.2) is 0 Å². The van der Waals surface area contributed by atoms with Gasteiger partial charge in [-0.15, -0.1) is 13.2 Å². The maximum atomic E-state index is 14.7. The molecule has 0 aliphatic heterocycles. The highest BCUT2D eigenvalue weighted by atomic mass is 19.4. The van der Waals surface area contributed by atoms with Crippen molar-refractivity contribution in [2.45, 2.75) is 82.8 Å². The van der Waals surface area contributed by atoms with Crippen LogP contribution >= 0.6 is 0 Å². The minimum Gasteiger partial charge on any atom is -0.494 e. The van der Waals surface area contributed by atoms with E-state index in [2.05, 4.69) is 4.74 Å². The first-order valence-corrected chi connectivity index (χ1v) is 12.8. The van der Waals surface area contributed by atoms with E-state index in [9.17, 15) is 22.0 Å². The van der Waals surface area contributed by atoms with E-state index in [0.717, 1.165) is 44.1 Å². The minimum absolute atomic E-state index is 0.163. The summed E-state index contributed by atoms with van der Waals surface area (Å²) < 4.78 is 81.0.